The summed E-state index contributed by atoms with van der Waals surface area (Å²) in [5.41, 5.74) is -2.49. The quantitative estimate of drug-likeness (QED) is 0.109. The number of aliphatic hydroxyl groups excluding tert-OH is 8. The van der Waals surface area contributed by atoms with Gasteiger partial charge in [-0.2, -0.15) is 0 Å². The summed E-state index contributed by atoms with van der Waals surface area (Å²) in [6.07, 6.45) is -14.9. The Labute approximate surface area is 399 Å². The van der Waals surface area contributed by atoms with E-state index in [4.69, 9.17) is 52.1 Å². The first-order chi connectivity index (χ1) is 32.2. The lowest BCUT2D eigenvalue weighted by molar-refractivity contribution is -0.373. The molecule has 20 heteroatoms. The molecule has 0 spiro atoms. The number of methoxy groups -OCH3 is 3. The van der Waals surface area contributed by atoms with E-state index in [2.05, 4.69) is 6.92 Å². The Morgan fingerprint density at radius 2 is 1.19 bits per heavy atom. The van der Waals surface area contributed by atoms with Crippen LogP contribution in [0.1, 0.15) is 99.3 Å². The van der Waals surface area contributed by atoms with Crippen LogP contribution >= 0.6 is 0 Å². The van der Waals surface area contributed by atoms with Crippen molar-refractivity contribution in [3.8, 4) is 0 Å². The molecule has 4 saturated heterocycles. The lowest BCUT2D eigenvalue weighted by Crippen LogP contribution is -2.72. The van der Waals surface area contributed by atoms with Gasteiger partial charge in [0.05, 0.1) is 67.1 Å². The smallest absolute Gasteiger partial charge is 0.187 e. The molecule has 8 fully saturated rings. The van der Waals surface area contributed by atoms with Gasteiger partial charge in [0, 0.05) is 39.6 Å². The largest absolute Gasteiger partial charge is 0.394 e. The molecule has 29 atom stereocenters. The molecule has 0 unspecified atom stereocenters. The zero-order valence-corrected chi connectivity index (χ0v) is 41.1. The molecule has 9 N–H and O–H groups in total. The van der Waals surface area contributed by atoms with Crippen molar-refractivity contribution in [3.63, 3.8) is 0 Å². The third kappa shape index (κ3) is 9.17. The Bertz CT molecular complexity index is 1660. The van der Waals surface area contributed by atoms with Gasteiger partial charge in [0.2, 0.25) is 0 Å². The van der Waals surface area contributed by atoms with E-state index in [1.807, 2.05) is 13.8 Å². The summed E-state index contributed by atoms with van der Waals surface area (Å²) in [6, 6.07) is 0. The Kier molecular flexibility index (Phi) is 16.4. The van der Waals surface area contributed by atoms with Gasteiger partial charge in [0.1, 0.15) is 54.9 Å². The first-order valence-corrected chi connectivity index (χ1v) is 25.1. The summed E-state index contributed by atoms with van der Waals surface area (Å²) >= 11 is 0. The summed E-state index contributed by atoms with van der Waals surface area (Å²) in [7, 11) is 4.55. The summed E-state index contributed by atoms with van der Waals surface area (Å²) in [6.45, 7) is 10.6. The molecule has 0 bridgehead atoms. The Hall–Kier alpha value is -0.800. The van der Waals surface area contributed by atoms with Crippen molar-refractivity contribution in [1.82, 2.24) is 0 Å². The highest BCUT2D eigenvalue weighted by molar-refractivity contribution is 5.22. The minimum Gasteiger partial charge on any atom is -0.394 e. The normalized spacial score (nSPS) is 55.8. The third-order valence-corrected chi connectivity index (χ3v) is 18.5. The van der Waals surface area contributed by atoms with Crippen molar-refractivity contribution < 1.29 is 98.1 Å². The number of ether oxygens (including phenoxy) is 11. The summed E-state index contributed by atoms with van der Waals surface area (Å²) in [4.78, 5) is 0. The van der Waals surface area contributed by atoms with Gasteiger partial charge in [-0.3, -0.25) is 0 Å². The van der Waals surface area contributed by atoms with Crippen LogP contribution in [0.4, 0.5) is 0 Å². The molecule has 4 aliphatic carbocycles. The van der Waals surface area contributed by atoms with Crippen LogP contribution in [0.3, 0.4) is 0 Å². The van der Waals surface area contributed by atoms with Gasteiger partial charge >= 0.3 is 0 Å². The molecule has 0 amide bonds. The predicted octanol–water partition coefficient (Wildman–Crippen LogP) is -0.156. The average molecular weight is 979 g/mol. The molecule has 0 aromatic heterocycles. The first-order valence-electron chi connectivity index (χ1n) is 25.1. The van der Waals surface area contributed by atoms with Crippen molar-refractivity contribution in [2.24, 2.45) is 34.5 Å². The van der Waals surface area contributed by atoms with Gasteiger partial charge in [-0.05, 0) is 102 Å². The summed E-state index contributed by atoms with van der Waals surface area (Å²) in [5, 5.41) is 99.0. The maximum atomic E-state index is 12.5. The molecule has 8 aliphatic rings. The highest BCUT2D eigenvalue weighted by atomic mass is 16.8. The first kappa shape index (κ1) is 53.5. The minimum atomic E-state index is -1.66. The standard InChI is InChI=1S/C48H82O20/c1-20(50)26-13-15-48(57)27-11-10-24-16-25(12-14-46(24,5)33(27)35(52)43(56)47(26,48)6)64-31-17-28(58-7)39(21(2)61-31)66-32-18-29(59-8)40(22(3)62-32)67-45-38(55)42(60-9)41(23(4)63-45)68-44-37(54)36(53)34(51)30(19-49)65-44/h20-45,49-57H,10-19H2,1-9H3/t20-,21-,22-,23-,24+,25+,26-,27-,28+,29-,30-,31+,32+,33-,34-,35+,36+,37-,38-,39-,40-,41-,42+,43-,44+,45+,46+,47+,48+/m1/s1. The average Bonchev–Trinajstić information content (AvgIpc) is 3.60. The van der Waals surface area contributed by atoms with Crippen LogP contribution in [0.5, 0.6) is 0 Å². The van der Waals surface area contributed by atoms with Crippen LogP contribution < -0.4 is 0 Å². The minimum absolute atomic E-state index is 0.0986. The van der Waals surface area contributed by atoms with E-state index >= 15 is 0 Å². The zero-order chi connectivity index (χ0) is 49.4. The molecule has 394 valence electrons. The van der Waals surface area contributed by atoms with Gasteiger partial charge in [0.25, 0.3) is 0 Å². The lowest BCUT2D eigenvalue weighted by atomic mass is 9.41. The van der Waals surface area contributed by atoms with E-state index in [0.717, 1.165) is 32.1 Å². The van der Waals surface area contributed by atoms with Gasteiger partial charge in [-0.25, -0.2) is 0 Å². The number of rotatable bonds is 13. The van der Waals surface area contributed by atoms with Gasteiger partial charge in [-0.15, -0.1) is 0 Å². The molecule has 68 heavy (non-hydrogen) atoms. The van der Waals surface area contributed by atoms with E-state index < -0.39 is 147 Å². The number of fused-ring (bicyclic) bond motifs is 5. The van der Waals surface area contributed by atoms with E-state index in [-0.39, 0.29) is 41.6 Å². The topological polar surface area (TPSA) is 284 Å². The molecule has 4 saturated carbocycles. The van der Waals surface area contributed by atoms with Gasteiger partial charge < -0.3 is 98.1 Å². The molecule has 4 aliphatic heterocycles. The van der Waals surface area contributed by atoms with E-state index in [9.17, 15) is 46.0 Å². The van der Waals surface area contributed by atoms with Gasteiger partial charge in [-0.1, -0.05) is 13.8 Å². The molecular formula is C48H82O20. The summed E-state index contributed by atoms with van der Waals surface area (Å²) in [5.74, 6) is -0.549. The monoisotopic (exact) mass is 979 g/mol. The van der Waals surface area contributed by atoms with E-state index in [1.54, 1.807) is 35.0 Å². The van der Waals surface area contributed by atoms with Crippen LogP contribution in [0.25, 0.3) is 0 Å². The van der Waals surface area contributed by atoms with Crippen LogP contribution in [0, 0.1) is 34.5 Å². The number of hydrogen-bond donors (Lipinski definition) is 9. The van der Waals surface area contributed by atoms with E-state index in [0.29, 0.717) is 19.3 Å². The molecular weight excluding hydrogens is 897 g/mol. The third-order valence-electron chi connectivity index (χ3n) is 18.5. The van der Waals surface area contributed by atoms with Crippen LogP contribution in [-0.2, 0) is 52.1 Å². The molecule has 8 rings (SSSR count). The fourth-order valence-electron chi connectivity index (χ4n) is 14.7. The molecule has 4 heterocycles. The lowest BCUT2D eigenvalue weighted by Gasteiger charge is -2.66. The highest BCUT2D eigenvalue weighted by Crippen LogP contribution is 2.69. The predicted molar refractivity (Wildman–Crippen MR) is 235 cm³/mol. The number of hydrogen-bond acceptors (Lipinski definition) is 20. The second kappa shape index (κ2) is 20.8. The van der Waals surface area contributed by atoms with Crippen molar-refractivity contribution in [3.05, 3.63) is 0 Å². The zero-order valence-electron chi connectivity index (χ0n) is 41.1. The second-order valence-corrected chi connectivity index (χ2v) is 21.9. The maximum Gasteiger partial charge on any atom is 0.187 e. The molecule has 0 radical (unpaired) electrons. The van der Waals surface area contributed by atoms with Crippen LogP contribution in [-0.4, -0.2) is 215 Å². The molecule has 0 aromatic carbocycles. The maximum absolute atomic E-state index is 12.5. The van der Waals surface area contributed by atoms with Crippen molar-refractivity contribution in [1.29, 1.82) is 0 Å². The number of aliphatic hydroxyl groups is 9. The second-order valence-electron chi connectivity index (χ2n) is 21.9. The van der Waals surface area contributed by atoms with Crippen molar-refractivity contribution in [2.75, 3.05) is 27.9 Å². The Morgan fingerprint density at radius 1 is 0.603 bits per heavy atom. The van der Waals surface area contributed by atoms with Crippen molar-refractivity contribution in [2.45, 2.75) is 240 Å². The Balaban J connectivity index is 0.844. The van der Waals surface area contributed by atoms with Gasteiger partial charge in [0.15, 0.2) is 25.2 Å². The van der Waals surface area contributed by atoms with E-state index in [1.165, 1.54) is 7.11 Å². The fraction of sp³-hybridized carbons (Fsp3) is 1.00. The van der Waals surface area contributed by atoms with Crippen LogP contribution in [0.15, 0.2) is 0 Å². The SMILES string of the molecule is CO[C@H]1[C@@H](O)[C@H](O[C@@H]2[C@@H](C)O[C@@H](O[C@H]3[C@@H](OC)C[C@H](O[C@H]4CC[C@@]5(C)[C@@H](CC[C@@H]6[C@@H]5[C@H](O)[C@@H](O)[C@]5(C)[C@@H]([C@@H](C)O)CC[C@]65O)C4)O[C@@H]3C)C[C@H]2OC)O[C@H](C)[C@H]1O[C@@H]1O[C@H](CO)[C@@H](O)[C@H](O)[C@H]1O. The van der Waals surface area contributed by atoms with Crippen LogP contribution in [0.2, 0.25) is 0 Å². The molecule has 0 aromatic rings. The van der Waals surface area contributed by atoms with Crippen molar-refractivity contribution >= 4 is 0 Å². The Morgan fingerprint density at radius 3 is 1.79 bits per heavy atom. The molecule has 20 nitrogen and oxygen atoms in total. The summed E-state index contributed by atoms with van der Waals surface area (Å²) < 4.78 is 67.8. The highest BCUT2D eigenvalue weighted by Gasteiger charge is 2.73. The fourth-order valence-corrected chi connectivity index (χ4v) is 14.7.